The van der Waals surface area contributed by atoms with E-state index in [0.29, 0.717) is 38.3 Å². The van der Waals surface area contributed by atoms with E-state index in [1.54, 1.807) is 16.2 Å². The second-order valence-corrected chi connectivity index (χ2v) is 10.7. The molecular weight excluding hydrogens is 504 g/mol. The standard InChI is InChI=1S/C33H34N2O3S/c1-2-38-22-9-20-34(33(37)28-16-14-26(15-17-28)25-10-5-3-6-11-25)24-31(36)35-21-18-30-29(19-23-39-30)32(35)27-12-7-4-8-13-27/h3-8,10-17,19,23,32H,2,9,18,20-22,24H2,1H3. The van der Waals surface area contributed by atoms with Gasteiger partial charge in [-0.2, -0.15) is 0 Å². The number of nitrogens with zero attached hydrogens (tertiary/aromatic N) is 2. The highest BCUT2D eigenvalue weighted by atomic mass is 32.1. The summed E-state index contributed by atoms with van der Waals surface area (Å²) in [5.41, 5.74) is 5.02. The number of hydrogen-bond acceptors (Lipinski definition) is 4. The van der Waals surface area contributed by atoms with E-state index < -0.39 is 0 Å². The summed E-state index contributed by atoms with van der Waals surface area (Å²) in [7, 11) is 0. The van der Waals surface area contributed by atoms with Crippen molar-refractivity contribution in [2.45, 2.75) is 25.8 Å². The van der Waals surface area contributed by atoms with Crippen molar-refractivity contribution in [1.82, 2.24) is 9.80 Å². The number of thiophene rings is 1. The van der Waals surface area contributed by atoms with Crippen LogP contribution in [-0.2, 0) is 16.0 Å². The highest BCUT2D eigenvalue weighted by Gasteiger charge is 2.34. The summed E-state index contributed by atoms with van der Waals surface area (Å²) in [6, 6.07) is 29.9. The van der Waals surface area contributed by atoms with Crippen molar-refractivity contribution < 1.29 is 14.3 Å². The summed E-state index contributed by atoms with van der Waals surface area (Å²) < 4.78 is 5.53. The number of carbonyl (C=O) groups is 2. The number of benzene rings is 3. The molecule has 0 aliphatic carbocycles. The predicted octanol–water partition coefficient (Wildman–Crippen LogP) is 6.46. The Labute approximate surface area is 234 Å². The fourth-order valence-corrected chi connectivity index (χ4v) is 6.11. The average Bonchev–Trinajstić information content (AvgIpc) is 3.48. The molecule has 5 rings (SSSR count). The Morgan fingerprint density at radius 2 is 1.62 bits per heavy atom. The molecule has 1 aromatic heterocycles. The van der Waals surface area contributed by atoms with E-state index in [0.717, 1.165) is 23.1 Å². The topological polar surface area (TPSA) is 49.9 Å². The molecule has 200 valence electrons. The van der Waals surface area contributed by atoms with Gasteiger partial charge >= 0.3 is 0 Å². The third-order valence-corrected chi connectivity index (χ3v) is 8.17. The van der Waals surface area contributed by atoms with E-state index in [1.807, 2.05) is 72.5 Å². The van der Waals surface area contributed by atoms with Gasteiger partial charge in [0, 0.05) is 36.7 Å². The first-order valence-corrected chi connectivity index (χ1v) is 14.5. The lowest BCUT2D eigenvalue weighted by molar-refractivity contribution is -0.134. The quantitative estimate of drug-likeness (QED) is 0.218. The molecular formula is C33H34N2O3S. The van der Waals surface area contributed by atoms with Gasteiger partial charge in [0.15, 0.2) is 0 Å². The van der Waals surface area contributed by atoms with Crippen molar-refractivity contribution in [2.75, 3.05) is 32.8 Å². The van der Waals surface area contributed by atoms with Crippen LogP contribution in [0.4, 0.5) is 0 Å². The molecule has 0 spiro atoms. The molecule has 0 fully saturated rings. The first-order chi connectivity index (χ1) is 19.2. The van der Waals surface area contributed by atoms with Crippen LogP contribution in [0.15, 0.2) is 96.4 Å². The van der Waals surface area contributed by atoms with Crippen LogP contribution >= 0.6 is 11.3 Å². The highest BCUT2D eigenvalue weighted by molar-refractivity contribution is 7.10. The number of hydrogen-bond donors (Lipinski definition) is 0. The molecule has 2 heterocycles. The Balaban J connectivity index is 1.37. The Hall–Kier alpha value is -3.74. The summed E-state index contributed by atoms with van der Waals surface area (Å²) in [6.07, 6.45) is 1.51. The molecule has 0 saturated carbocycles. The van der Waals surface area contributed by atoms with Crippen molar-refractivity contribution in [1.29, 1.82) is 0 Å². The van der Waals surface area contributed by atoms with Gasteiger partial charge in [0.1, 0.15) is 6.54 Å². The molecule has 1 atom stereocenters. The van der Waals surface area contributed by atoms with Crippen LogP contribution < -0.4 is 0 Å². The zero-order chi connectivity index (χ0) is 27.0. The molecule has 3 aromatic carbocycles. The number of amides is 2. The van der Waals surface area contributed by atoms with Crippen LogP contribution in [-0.4, -0.2) is 54.5 Å². The molecule has 4 aromatic rings. The monoisotopic (exact) mass is 538 g/mol. The maximum atomic E-state index is 13.9. The fraction of sp³-hybridized carbons (Fsp3) is 0.273. The van der Waals surface area contributed by atoms with Gasteiger partial charge in [0.25, 0.3) is 5.91 Å². The Morgan fingerprint density at radius 1 is 0.923 bits per heavy atom. The van der Waals surface area contributed by atoms with Crippen LogP contribution in [0, 0.1) is 0 Å². The maximum absolute atomic E-state index is 13.9. The van der Waals surface area contributed by atoms with E-state index in [-0.39, 0.29) is 24.4 Å². The Bertz CT molecular complexity index is 1370. The van der Waals surface area contributed by atoms with Crippen LogP contribution in [0.25, 0.3) is 11.1 Å². The average molecular weight is 539 g/mol. The molecule has 1 aliphatic rings. The molecule has 1 unspecified atom stereocenters. The number of rotatable bonds is 10. The van der Waals surface area contributed by atoms with Gasteiger partial charge < -0.3 is 14.5 Å². The third-order valence-electron chi connectivity index (χ3n) is 7.17. The fourth-order valence-electron chi connectivity index (χ4n) is 5.21. The minimum Gasteiger partial charge on any atom is -0.382 e. The van der Waals surface area contributed by atoms with Crippen molar-refractivity contribution in [3.8, 4) is 11.1 Å². The molecule has 1 aliphatic heterocycles. The lowest BCUT2D eigenvalue weighted by Crippen LogP contribution is -2.47. The molecule has 6 heteroatoms. The minimum absolute atomic E-state index is 0.0358. The summed E-state index contributed by atoms with van der Waals surface area (Å²) >= 11 is 1.75. The van der Waals surface area contributed by atoms with E-state index >= 15 is 0 Å². The van der Waals surface area contributed by atoms with E-state index in [1.165, 1.54) is 10.4 Å². The SMILES string of the molecule is CCOCCCN(CC(=O)N1CCc2sccc2C1c1ccccc1)C(=O)c1ccc(-c2ccccc2)cc1. The van der Waals surface area contributed by atoms with Crippen molar-refractivity contribution in [3.05, 3.63) is 118 Å². The van der Waals surface area contributed by atoms with Gasteiger partial charge in [-0.1, -0.05) is 72.8 Å². The van der Waals surface area contributed by atoms with Crippen LogP contribution in [0.5, 0.6) is 0 Å². The van der Waals surface area contributed by atoms with Crippen molar-refractivity contribution in [3.63, 3.8) is 0 Å². The van der Waals surface area contributed by atoms with Crippen molar-refractivity contribution >= 4 is 23.2 Å². The van der Waals surface area contributed by atoms with Crippen LogP contribution in [0.2, 0.25) is 0 Å². The zero-order valence-electron chi connectivity index (χ0n) is 22.3. The lowest BCUT2D eigenvalue weighted by atomic mass is 9.93. The van der Waals surface area contributed by atoms with Gasteiger partial charge in [-0.25, -0.2) is 0 Å². The number of fused-ring (bicyclic) bond motifs is 1. The van der Waals surface area contributed by atoms with Gasteiger partial charge in [0.05, 0.1) is 6.04 Å². The number of carbonyl (C=O) groups excluding carboxylic acids is 2. The highest BCUT2D eigenvalue weighted by Crippen LogP contribution is 2.37. The molecule has 5 nitrogen and oxygen atoms in total. The molecule has 0 N–H and O–H groups in total. The molecule has 39 heavy (non-hydrogen) atoms. The third kappa shape index (κ3) is 6.29. The Morgan fingerprint density at radius 3 is 2.33 bits per heavy atom. The van der Waals surface area contributed by atoms with Gasteiger partial charge in [-0.05, 0) is 65.6 Å². The smallest absolute Gasteiger partial charge is 0.254 e. The molecule has 2 amide bonds. The first-order valence-electron chi connectivity index (χ1n) is 13.6. The van der Waals surface area contributed by atoms with Gasteiger partial charge in [-0.3, -0.25) is 9.59 Å². The van der Waals surface area contributed by atoms with E-state index in [2.05, 4.69) is 35.7 Å². The summed E-state index contributed by atoms with van der Waals surface area (Å²) in [4.78, 5) is 32.6. The predicted molar refractivity (Wildman–Crippen MR) is 157 cm³/mol. The van der Waals surface area contributed by atoms with E-state index in [4.69, 9.17) is 4.74 Å². The Kier molecular flexibility index (Phi) is 8.86. The van der Waals surface area contributed by atoms with Crippen molar-refractivity contribution in [2.24, 2.45) is 0 Å². The van der Waals surface area contributed by atoms with Gasteiger partial charge in [0.2, 0.25) is 5.91 Å². The number of ether oxygens (including phenoxy) is 1. The maximum Gasteiger partial charge on any atom is 0.254 e. The molecule has 0 radical (unpaired) electrons. The zero-order valence-corrected chi connectivity index (χ0v) is 23.1. The van der Waals surface area contributed by atoms with Crippen LogP contribution in [0.1, 0.15) is 45.7 Å². The largest absolute Gasteiger partial charge is 0.382 e. The summed E-state index contributed by atoms with van der Waals surface area (Å²) in [6.45, 7) is 4.27. The summed E-state index contributed by atoms with van der Waals surface area (Å²) in [5, 5.41) is 2.11. The van der Waals surface area contributed by atoms with Gasteiger partial charge in [-0.15, -0.1) is 11.3 Å². The lowest BCUT2D eigenvalue weighted by Gasteiger charge is -2.37. The van der Waals surface area contributed by atoms with E-state index in [9.17, 15) is 9.59 Å². The minimum atomic E-state index is -0.140. The normalized spacial score (nSPS) is 14.6. The first kappa shape index (κ1) is 26.9. The molecule has 0 bridgehead atoms. The second kappa shape index (κ2) is 12.9. The molecule has 0 saturated heterocycles. The second-order valence-electron chi connectivity index (χ2n) is 9.67. The summed E-state index contributed by atoms with van der Waals surface area (Å²) in [5.74, 6) is -0.171. The van der Waals surface area contributed by atoms with Crippen LogP contribution in [0.3, 0.4) is 0 Å².